The average molecular weight is 352 g/mol. The number of piperidine rings is 1. The number of pyridine rings is 1. The molecule has 0 unspecified atom stereocenters. The van der Waals surface area contributed by atoms with Gasteiger partial charge in [-0.3, -0.25) is 4.79 Å². The molecule has 0 aliphatic carbocycles. The van der Waals surface area contributed by atoms with Crippen LogP contribution in [0.5, 0.6) is 5.88 Å². The van der Waals surface area contributed by atoms with E-state index in [9.17, 15) is 19.8 Å². The molecular weight excluding hydrogens is 328 g/mol. The molecule has 1 saturated heterocycles. The molecule has 0 aromatic carbocycles. The van der Waals surface area contributed by atoms with E-state index in [0.29, 0.717) is 5.88 Å². The third-order valence-electron chi connectivity index (χ3n) is 4.19. The summed E-state index contributed by atoms with van der Waals surface area (Å²) in [6.45, 7) is 5.04. The molecule has 0 spiro atoms. The molecule has 2 rings (SSSR count). The monoisotopic (exact) mass is 352 g/mol. The van der Waals surface area contributed by atoms with Crippen molar-refractivity contribution in [3.8, 4) is 5.88 Å². The summed E-state index contributed by atoms with van der Waals surface area (Å²) < 4.78 is 10.6. The van der Waals surface area contributed by atoms with Crippen LogP contribution in [0.25, 0.3) is 0 Å². The minimum absolute atomic E-state index is 0.0571. The number of methoxy groups -OCH3 is 1. The largest absolute Gasteiger partial charge is 0.481 e. The number of ether oxygens (including phenoxy) is 2. The summed E-state index contributed by atoms with van der Waals surface area (Å²) in [6.07, 6.45) is -2.14. The van der Waals surface area contributed by atoms with Gasteiger partial charge in [0.1, 0.15) is 5.60 Å². The molecule has 1 aromatic rings. The summed E-state index contributed by atoms with van der Waals surface area (Å²) in [6, 6.07) is 4.91. The van der Waals surface area contributed by atoms with Crippen LogP contribution in [0.4, 0.5) is 4.79 Å². The quantitative estimate of drug-likeness (QED) is 0.796. The first-order valence-electron chi connectivity index (χ1n) is 8.01. The van der Waals surface area contributed by atoms with Crippen LogP contribution in [-0.4, -0.2) is 58.5 Å². The molecule has 0 bridgehead atoms. The van der Waals surface area contributed by atoms with Gasteiger partial charge in [-0.05, 0) is 26.8 Å². The topological polar surface area (TPSA) is 109 Å². The number of hydrogen-bond donors (Lipinski definition) is 2. The molecule has 138 valence electrons. The van der Waals surface area contributed by atoms with Crippen molar-refractivity contribution in [2.45, 2.75) is 38.9 Å². The molecule has 1 aliphatic rings. The van der Waals surface area contributed by atoms with Gasteiger partial charge in [0.25, 0.3) is 0 Å². The van der Waals surface area contributed by atoms with Crippen molar-refractivity contribution in [1.82, 2.24) is 9.88 Å². The van der Waals surface area contributed by atoms with E-state index in [1.807, 2.05) is 0 Å². The zero-order valence-electron chi connectivity index (χ0n) is 14.9. The zero-order valence-corrected chi connectivity index (χ0v) is 14.9. The first-order chi connectivity index (χ1) is 11.6. The number of hydrogen-bond acceptors (Lipinski definition) is 6. The smallest absolute Gasteiger partial charge is 0.407 e. The van der Waals surface area contributed by atoms with Gasteiger partial charge in [0, 0.05) is 19.0 Å². The fourth-order valence-electron chi connectivity index (χ4n) is 2.59. The van der Waals surface area contributed by atoms with Crippen molar-refractivity contribution in [2.75, 3.05) is 20.2 Å². The van der Waals surface area contributed by atoms with Gasteiger partial charge in [-0.1, -0.05) is 6.07 Å². The van der Waals surface area contributed by atoms with Crippen molar-refractivity contribution in [3.05, 3.63) is 23.9 Å². The van der Waals surface area contributed by atoms with Crippen LogP contribution in [0.1, 0.15) is 32.9 Å². The highest BCUT2D eigenvalue weighted by atomic mass is 16.6. The number of carboxylic acid groups (broad SMARTS) is 1. The molecule has 8 heteroatoms. The van der Waals surface area contributed by atoms with E-state index < -0.39 is 29.2 Å². The molecule has 0 radical (unpaired) electrons. The molecule has 25 heavy (non-hydrogen) atoms. The highest BCUT2D eigenvalue weighted by Gasteiger charge is 2.48. The van der Waals surface area contributed by atoms with Crippen LogP contribution >= 0.6 is 0 Å². The standard InChI is InChI=1S/C17H24N2O6/c1-16(2,3)14(20)25-12-10-19(15(21)22)9-8-17(12,23)11-6-5-7-13(18-11)24-4/h5-7,12,23H,8-10H2,1-4H3,(H,21,22)/t12-,17-/m0/s1. The Hall–Kier alpha value is -2.35. The van der Waals surface area contributed by atoms with Crippen molar-refractivity contribution in [1.29, 1.82) is 0 Å². The lowest BCUT2D eigenvalue weighted by atomic mass is 9.84. The summed E-state index contributed by atoms with van der Waals surface area (Å²) in [5.41, 5.74) is -2.10. The lowest BCUT2D eigenvalue weighted by Gasteiger charge is -2.43. The third-order valence-corrected chi connectivity index (χ3v) is 4.19. The number of nitrogens with zero attached hydrogens (tertiary/aromatic N) is 2. The van der Waals surface area contributed by atoms with Crippen LogP contribution < -0.4 is 4.74 Å². The number of aromatic nitrogens is 1. The highest BCUT2D eigenvalue weighted by Crippen LogP contribution is 2.36. The fourth-order valence-corrected chi connectivity index (χ4v) is 2.59. The minimum atomic E-state index is -1.60. The molecule has 0 saturated carbocycles. The van der Waals surface area contributed by atoms with E-state index in [-0.39, 0.29) is 25.2 Å². The van der Waals surface area contributed by atoms with Gasteiger partial charge >= 0.3 is 12.1 Å². The van der Waals surface area contributed by atoms with Crippen molar-refractivity contribution >= 4 is 12.1 Å². The van der Waals surface area contributed by atoms with E-state index in [4.69, 9.17) is 9.47 Å². The summed E-state index contributed by atoms with van der Waals surface area (Å²) in [5.74, 6) is -0.210. The van der Waals surface area contributed by atoms with Crippen LogP contribution in [0.3, 0.4) is 0 Å². The summed E-state index contributed by atoms with van der Waals surface area (Å²) >= 11 is 0. The Kier molecular flexibility index (Phi) is 5.22. The number of carbonyl (C=O) groups excluding carboxylic acids is 1. The van der Waals surface area contributed by atoms with Gasteiger partial charge in [0.05, 0.1) is 24.8 Å². The molecule has 1 aromatic heterocycles. The number of aliphatic hydroxyl groups is 1. The fraction of sp³-hybridized carbons (Fsp3) is 0.588. The molecule has 2 N–H and O–H groups in total. The van der Waals surface area contributed by atoms with Crippen molar-refractivity contribution in [2.24, 2.45) is 5.41 Å². The van der Waals surface area contributed by atoms with E-state index in [0.717, 1.165) is 4.90 Å². The molecule has 1 amide bonds. The summed E-state index contributed by atoms with van der Waals surface area (Å²) in [4.78, 5) is 29.0. The number of carbonyl (C=O) groups is 2. The van der Waals surface area contributed by atoms with Crippen LogP contribution in [0.15, 0.2) is 18.2 Å². The number of likely N-dealkylation sites (tertiary alicyclic amines) is 1. The second-order valence-electron chi connectivity index (χ2n) is 7.11. The Morgan fingerprint density at radius 3 is 2.60 bits per heavy atom. The van der Waals surface area contributed by atoms with Gasteiger partial charge in [0.15, 0.2) is 6.10 Å². The maximum absolute atomic E-state index is 12.3. The summed E-state index contributed by atoms with van der Waals surface area (Å²) in [7, 11) is 1.46. The Labute approximate surface area is 146 Å². The second kappa shape index (κ2) is 6.87. The van der Waals surface area contributed by atoms with Gasteiger partial charge in [-0.25, -0.2) is 9.78 Å². The van der Waals surface area contributed by atoms with Crippen LogP contribution in [-0.2, 0) is 15.1 Å². The van der Waals surface area contributed by atoms with Crippen molar-refractivity contribution in [3.63, 3.8) is 0 Å². The first kappa shape index (κ1) is 19.0. The molecule has 8 nitrogen and oxygen atoms in total. The van der Waals surface area contributed by atoms with Crippen molar-refractivity contribution < 1.29 is 29.3 Å². The maximum Gasteiger partial charge on any atom is 0.407 e. The number of amides is 1. The molecule has 1 fully saturated rings. The maximum atomic E-state index is 12.3. The van der Waals surface area contributed by atoms with Gasteiger partial charge in [0.2, 0.25) is 5.88 Å². The van der Waals surface area contributed by atoms with Crippen LogP contribution in [0.2, 0.25) is 0 Å². The summed E-state index contributed by atoms with van der Waals surface area (Å²) in [5, 5.41) is 20.5. The number of esters is 1. The van der Waals surface area contributed by atoms with Gasteiger partial charge in [-0.2, -0.15) is 0 Å². The lowest BCUT2D eigenvalue weighted by Crippen LogP contribution is -2.57. The Morgan fingerprint density at radius 2 is 2.04 bits per heavy atom. The SMILES string of the molecule is COc1cccc([C@@]2(O)CCN(C(=O)O)C[C@@H]2OC(=O)C(C)(C)C)n1. The lowest BCUT2D eigenvalue weighted by molar-refractivity contribution is -0.186. The Balaban J connectivity index is 2.37. The molecule has 1 aliphatic heterocycles. The minimum Gasteiger partial charge on any atom is -0.481 e. The second-order valence-corrected chi connectivity index (χ2v) is 7.11. The molecule has 2 atom stereocenters. The van der Waals surface area contributed by atoms with E-state index >= 15 is 0 Å². The first-order valence-corrected chi connectivity index (χ1v) is 8.01. The van der Waals surface area contributed by atoms with E-state index in [2.05, 4.69) is 4.98 Å². The average Bonchev–Trinajstić information content (AvgIpc) is 2.55. The highest BCUT2D eigenvalue weighted by molar-refractivity contribution is 5.75. The Bertz CT molecular complexity index is 657. The van der Waals surface area contributed by atoms with Gasteiger partial charge < -0.3 is 24.6 Å². The van der Waals surface area contributed by atoms with Gasteiger partial charge in [-0.15, -0.1) is 0 Å². The predicted molar refractivity (Wildman–Crippen MR) is 88.2 cm³/mol. The van der Waals surface area contributed by atoms with Crippen LogP contribution in [0, 0.1) is 5.41 Å². The zero-order chi connectivity index (χ0) is 18.8. The number of rotatable bonds is 3. The molecular formula is C17H24N2O6. The molecule has 2 heterocycles. The normalized spacial score (nSPS) is 23.9. The Morgan fingerprint density at radius 1 is 1.36 bits per heavy atom. The third kappa shape index (κ3) is 4.01. The van der Waals surface area contributed by atoms with E-state index in [1.165, 1.54) is 7.11 Å². The predicted octanol–water partition coefficient (Wildman–Crippen LogP) is 1.62. The van der Waals surface area contributed by atoms with E-state index in [1.54, 1.807) is 39.0 Å².